The van der Waals surface area contributed by atoms with Crippen LogP contribution in [0, 0.1) is 23.7 Å². The summed E-state index contributed by atoms with van der Waals surface area (Å²) in [6, 6.07) is 3.79. The molecule has 0 aliphatic heterocycles. The molecule has 6 heteroatoms. The highest BCUT2D eigenvalue weighted by Gasteiger charge is 2.67. The van der Waals surface area contributed by atoms with Crippen molar-refractivity contribution in [2.75, 3.05) is 5.75 Å². The zero-order chi connectivity index (χ0) is 21.3. The van der Waals surface area contributed by atoms with Gasteiger partial charge in [0.1, 0.15) is 5.75 Å². The fourth-order valence-corrected chi connectivity index (χ4v) is 6.51. The van der Waals surface area contributed by atoms with Crippen molar-refractivity contribution in [1.29, 1.82) is 0 Å². The molecule has 0 amide bonds. The number of phenols is 1. The van der Waals surface area contributed by atoms with Crippen LogP contribution in [0.2, 0.25) is 0 Å². The Bertz CT molecular complexity index is 983. The molecule has 2 aliphatic rings. The number of phenolic OH excluding ortho intramolecular Hbond substituents is 1. The number of carbonyl (C=O) groups is 1. The van der Waals surface area contributed by atoms with E-state index in [1.807, 2.05) is 39.8 Å². The molecule has 3 atom stereocenters. The third kappa shape index (κ3) is 3.11. The number of fused-ring (bicyclic) bond motifs is 2. The minimum Gasteiger partial charge on any atom is -0.507 e. The Morgan fingerprint density at radius 2 is 1.86 bits per heavy atom. The maximum atomic E-state index is 13.2. The first kappa shape index (κ1) is 21.1. The molecule has 0 saturated heterocycles. The topological polar surface area (TPSA) is 91.7 Å². The van der Waals surface area contributed by atoms with Crippen molar-refractivity contribution < 1.29 is 22.9 Å². The van der Waals surface area contributed by atoms with Gasteiger partial charge in [-0.25, -0.2) is 0 Å². The van der Waals surface area contributed by atoms with Gasteiger partial charge in [-0.3, -0.25) is 9.35 Å². The molecule has 3 unspecified atom stereocenters. The van der Waals surface area contributed by atoms with Gasteiger partial charge in [0.25, 0.3) is 10.1 Å². The van der Waals surface area contributed by atoms with Gasteiger partial charge in [-0.15, -0.1) is 0 Å². The molecule has 28 heavy (non-hydrogen) atoms. The highest BCUT2D eigenvalue weighted by molar-refractivity contribution is 7.85. The molecule has 5 nitrogen and oxygen atoms in total. The maximum absolute atomic E-state index is 13.2. The smallest absolute Gasteiger partial charge is 0.265 e. The van der Waals surface area contributed by atoms with Crippen LogP contribution >= 0.6 is 0 Å². The SMILES string of the molecule is Cc1cc(/C=C2/C(=O)C3(C)CCC2C3(C)CS(=O)(=O)O)c(O)c(C(C)(C)C)c1. The van der Waals surface area contributed by atoms with Gasteiger partial charge in [-0.05, 0) is 48.8 Å². The normalized spacial score (nSPS) is 31.8. The van der Waals surface area contributed by atoms with Crippen molar-refractivity contribution in [3.8, 4) is 5.75 Å². The Morgan fingerprint density at radius 3 is 2.39 bits per heavy atom. The molecule has 0 radical (unpaired) electrons. The first-order chi connectivity index (χ1) is 12.6. The number of aryl methyl sites for hydroxylation is 1. The summed E-state index contributed by atoms with van der Waals surface area (Å²) in [4.78, 5) is 13.2. The second-order valence-corrected chi connectivity index (χ2v) is 11.4. The van der Waals surface area contributed by atoms with Crippen LogP contribution in [0.5, 0.6) is 5.75 Å². The predicted molar refractivity (Wildman–Crippen MR) is 110 cm³/mol. The van der Waals surface area contributed by atoms with Gasteiger partial charge in [0.05, 0.1) is 5.75 Å². The highest BCUT2D eigenvalue weighted by Crippen LogP contribution is 2.66. The Kier molecular flexibility index (Phi) is 4.64. The highest BCUT2D eigenvalue weighted by atomic mass is 32.2. The Morgan fingerprint density at radius 1 is 1.25 bits per heavy atom. The molecule has 1 aromatic rings. The van der Waals surface area contributed by atoms with E-state index < -0.39 is 26.7 Å². The standard InChI is InChI=1S/C22H30O5S/c1-13-9-14(18(23)17(10-13)20(2,3)4)11-15-16-7-8-21(5,19(15)24)22(16,6)12-28(25,26)27/h9-11,16,23H,7-8,12H2,1-6H3,(H,25,26,27)/b15-11+. The van der Waals surface area contributed by atoms with Gasteiger partial charge in [-0.1, -0.05) is 40.7 Å². The van der Waals surface area contributed by atoms with Gasteiger partial charge in [0, 0.05) is 27.5 Å². The molecule has 2 saturated carbocycles. The summed E-state index contributed by atoms with van der Waals surface area (Å²) in [6.45, 7) is 11.6. The van der Waals surface area contributed by atoms with Gasteiger partial charge in [-0.2, -0.15) is 8.42 Å². The van der Waals surface area contributed by atoms with E-state index in [0.29, 0.717) is 24.0 Å². The minimum atomic E-state index is -4.22. The molecule has 2 bridgehead atoms. The minimum absolute atomic E-state index is 0.0758. The van der Waals surface area contributed by atoms with Crippen LogP contribution in [0.4, 0.5) is 0 Å². The van der Waals surface area contributed by atoms with E-state index in [1.54, 1.807) is 19.9 Å². The molecule has 2 N–H and O–H groups in total. The lowest BCUT2D eigenvalue weighted by Gasteiger charge is -2.34. The number of rotatable bonds is 3. The van der Waals surface area contributed by atoms with Crippen molar-refractivity contribution in [1.82, 2.24) is 0 Å². The fourth-order valence-electron chi connectivity index (χ4n) is 5.23. The van der Waals surface area contributed by atoms with Gasteiger partial charge >= 0.3 is 0 Å². The van der Waals surface area contributed by atoms with E-state index in [4.69, 9.17) is 0 Å². The summed E-state index contributed by atoms with van der Waals surface area (Å²) < 4.78 is 32.8. The summed E-state index contributed by atoms with van der Waals surface area (Å²) in [5.41, 5.74) is 0.993. The van der Waals surface area contributed by atoms with E-state index in [1.165, 1.54) is 0 Å². The van der Waals surface area contributed by atoms with E-state index in [2.05, 4.69) is 0 Å². The zero-order valence-corrected chi connectivity index (χ0v) is 18.3. The largest absolute Gasteiger partial charge is 0.507 e. The molecule has 0 aromatic heterocycles. The molecule has 3 rings (SSSR count). The van der Waals surface area contributed by atoms with Crippen LogP contribution in [0.25, 0.3) is 6.08 Å². The number of carbonyl (C=O) groups excluding carboxylic acids is 1. The van der Waals surface area contributed by atoms with E-state index in [-0.39, 0.29) is 22.9 Å². The summed E-state index contributed by atoms with van der Waals surface area (Å²) in [6.07, 6.45) is 3.03. The quantitative estimate of drug-likeness (QED) is 0.578. The zero-order valence-electron chi connectivity index (χ0n) is 17.5. The lowest BCUT2D eigenvalue weighted by Crippen LogP contribution is -2.40. The van der Waals surface area contributed by atoms with Crippen LogP contribution < -0.4 is 0 Å². The molecule has 154 valence electrons. The first-order valence-corrected chi connectivity index (χ1v) is 11.3. The molecule has 0 spiro atoms. The number of benzene rings is 1. The van der Waals surface area contributed by atoms with Crippen LogP contribution in [-0.2, 0) is 20.3 Å². The molecule has 1 aromatic carbocycles. The molecule has 2 fully saturated rings. The third-order valence-corrected chi connectivity index (χ3v) is 7.95. The van der Waals surface area contributed by atoms with Crippen molar-refractivity contribution >= 4 is 22.0 Å². The molecular formula is C22H30O5S. The van der Waals surface area contributed by atoms with Crippen molar-refractivity contribution in [3.63, 3.8) is 0 Å². The van der Waals surface area contributed by atoms with Crippen LogP contribution in [-0.4, -0.2) is 29.6 Å². The average Bonchev–Trinajstić information content (AvgIpc) is 2.83. The second-order valence-electron chi connectivity index (χ2n) is 10.00. The lowest BCUT2D eigenvalue weighted by molar-refractivity contribution is -0.125. The van der Waals surface area contributed by atoms with Gasteiger partial charge < -0.3 is 5.11 Å². The summed E-state index contributed by atoms with van der Waals surface area (Å²) >= 11 is 0. The average molecular weight is 407 g/mol. The number of hydrogen-bond acceptors (Lipinski definition) is 4. The van der Waals surface area contributed by atoms with Gasteiger partial charge in [0.15, 0.2) is 5.78 Å². The summed E-state index contributed by atoms with van der Waals surface area (Å²) in [5, 5.41) is 10.9. The van der Waals surface area contributed by atoms with Crippen LogP contribution in [0.15, 0.2) is 17.7 Å². The third-order valence-electron chi connectivity index (χ3n) is 6.99. The van der Waals surface area contributed by atoms with Gasteiger partial charge in [0.2, 0.25) is 0 Å². The Labute approximate surface area is 167 Å². The number of aromatic hydroxyl groups is 1. The first-order valence-electron chi connectivity index (χ1n) is 9.66. The van der Waals surface area contributed by atoms with Crippen molar-refractivity contribution in [2.24, 2.45) is 16.7 Å². The van der Waals surface area contributed by atoms with E-state index in [9.17, 15) is 22.9 Å². The molecule has 0 heterocycles. The number of ketones is 1. The van der Waals surface area contributed by atoms with E-state index >= 15 is 0 Å². The summed E-state index contributed by atoms with van der Waals surface area (Å²) in [5.74, 6) is -0.613. The fraction of sp³-hybridized carbons (Fsp3) is 0.591. The molecular weight excluding hydrogens is 376 g/mol. The molecule has 2 aliphatic carbocycles. The lowest BCUT2D eigenvalue weighted by atomic mass is 9.70. The van der Waals surface area contributed by atoms with Crippen LogP contribution in [0.1, 0.15) is 64.2 Å². The number of hydrogen-bond donors (Lipinski definition) is 2. The van der Waals surface area contributed by atoms with Crippen molar-refractivity contribution in [3.05, 3.63) is 34.4 Å². The Hall–Kier alpha value is -1.66. The number of Topliss-reactive ketones (excluding diaryl/α,β-unsaturated/α-hetero) is 1. The number of allylic oxidation sites excluding steroid dienone is 1. The van der Waals surface area contributed by atoms with Crippen molar-refractivity contribution in [2.45, 2.75) is 59.8 Å². The second kappa shape index (κ2) is 6.17. The Balaban J connectivity index is 2.15. The predicted octanol–water partition coefficient (Wildman–Crippen LogP) is 4.27. The van der Waals surface area contributed by atoms with Crippen LogP contribution in [0.3, 0.4) is 0 Å². The van der Waals surface area contributed by atoms with E-state index in [0.717, 1.165) is 11.1 Å². The maximum Gasteiger partial charge on any atom is 0.265 e. The summed E-state index contributed by atoms with van der Waals surface area (Å²) in [7, 11) is -4.22. The monoisotopic (exact) mass is 406 g/mol.